The van der Waals surface area contributed by atoms with Gasteiger partial charge in [0, 0.05) is 10.6 Å². The molecule has 0 radical (unpaired) electrons. The minimum Gasteiger partial charge on any atom is -0.507 e. The monoisotopic (exact) mass is 324 g/mol. The molecule has 1 N–H and O–H groups in total. The first-order valence-corrected chi connectivity index (χ1v) is 6.58. The lowest BCUT2D eigenvalue weighted by Crippen LogP contribution is -1.84. The Kier molecular flexibility index (Phi) is 3.53. The van der Waals surface area contributed by atoms with Gasteiger partial charge in [-0.2, -0.15) is 4.98 Å². The highest BCUT2D eigenvalue weighted by Crippen LogP contribution is 2.33. The van der Waals surface area contributed by atoms with Crippen LogP contribution < -0.4 is 0 Å². The molecule has 0 aliphatic heterocycles. The lowest BCUT2D eigenvalue weighted by molar-refractivity contribution is 0.425. The van der Waals surface area contributed by atoms with E-state index in [-0.39, 0.29) is 22.5 Å². The first-order valence-electron chi connectivity index (χ1n) is 5.82. The van der Waals surface area contributed by atoms with Crippen LogP contribution in [0.4, 0.5) is 4.39 Å². The van der Waals surface area contributed by atoms with Crippen LogP contribution in [0.1, 0.15) is 0 Å². The largest absolute Gasteiger partial charge is 0.507 e. The number of benzene rings is 2. The van der Waals surface area contributed by atoms with Crippen LogP contribution in [0.25, 0.3) is 22.8 Å². The molecule has 0 atom stereocenters. The van der Waals surface area contributed by atoms with Crippen molar-refractivity contribution < 1.29 is 14.0 Å². The van der Waals surface area contributed by atoms with Crippen molar-refractivity contribution in [1.29, 1.82) is 0 Å². The van der Waals surface area contributed by atoms with E-state index in [1.165, 1.54) is 18.2 Å². The maximum Gasteiger partial charge on any atom is 0.262 e. The fourth-order valence-corrected chi connectivity index (χ4v) is 2.22. The van der Waals surface area contributed by atoms with Crippen LogP contribution in [0.3, 0.4) is 0 Å². The van der Waals surface area contributed by atoms with Crippen molar-refractivity contribution in [2.24, 2.45) is 0 Å². The second-order valence-electron chi connectivity index (χ2n) is 4.21. The molecule has 0 amide bonds. The summed E-state index contributed by atoms with van der Waals surface area (Å²) in [6.45, 7) is 0. The Labute approximate surface area is 128 Å². The molecule has 0 saturated heterocycles. The average Bonchev–Trinajstić information content (AvgIpc) is 2.87. The summed E-state index contributed by atoms with van der Waals surface area (Å²) in [5.41, 5.74) is 0.776. The molecule has 1 aromatic heterocycles. The van der Waals surface area contributed by atoms with E-state index < -0.39 is 5.82 Å². The molecule has 0 bridgehead atoms. The van der Waals surface area contributed by atoms with E-state index in [0.29, 0.717) is 16.1 Å². The molecule has 0 unspecified atom stereocenters. The SMILES string of the molecule is Oc1cc(Cl)ccc1-c1nc(-c2ccc(F)cc2Cl)no1. The first kappa shape index (κ1) is 13.9. The van der Waals surface area contributed by atoms with Crippen molar-refractivity contribution in [3.8, 4) is 28.6 Å². The highest BCUT2D eigenvalue weighted by atomic mass is 35.5. The van der Waals surface area contributed by atoms with E-state index in [1.54, 1.807) is 12.1 Å². The van der Waals surface area contributed by atoms with E-state index in [1.807, 2.05) is 0 Å². The van der Waals surface area contributed by atoms with Gasteiger partial charge in [0.2, 0.25) is 5.82 Å². The number of phenols is 1. The highest BCUT2D eigenvalue weighted by Gasteiger charge is 2.16. The van der Waals surface area contributed by atoms with Gasteiger partial charge in [0.1, 0.15) is 11.6 Å². The lowest BCUT2D eigenvalue weighted by Gasteiger charge is -1.99. The van der Waals surface area contributed by atoms with Crippen LogP contribution in [-0.4, -0.2) is 15.2 Å². The predicted molar refractivity (Wildman–Crippen MR) is 76.8 cm³/mol. The molecule has 7 heteroatoms. The van der Waals surface area contributed by atoms with Gasteiger partial charge in [-0.1, -0.05) is 28.4 Å². The van der Waals surface area contributed by atoms with Crippen LogP contribution in [0.15, 0.2) is 40.9 Å². The van der Waals surface area contributed by atoms with Crippen LogP contribution in [0, 0.1) is 5.82 Å². The van der Waals surface area contributed by atoms with Crippen molar-refractivity contribution in [2.45, 2.75) is 0 Å². The summed E-state index contributed by atoms with van der Waals surface area (Å²) in [6, 6.07) is 8.37. The molecule has 3 aromatic rings. The fraction of sp³-hybridized carbons (Fsp3) is 0. The van der Waals surface area contributed by atoms with E-state index in [0.717, 1.165) is 6.07 Å². The van der Waals surface area contributed by atoms with Gasteiger partial charge >= 0.3 is 0 Å². The van der Waals surface area contributed by atoms with Gasteiger partial charge in [-0.25, -0.2) is 4.39 Å². The Bertz CT molecular complexity index is 754. The van der Waals surface area contributed by atoms with Gasteiger partial charge in [0.15, 0.2) is 0 Å². The summed E-state index contributed by atoms with van der Waals surface area (Å²) in [7, 11) is 0. The third-order valence-electron chi connectivity index (χ3n) is 2.79. The topological polar surface area (TPSA) is 59.2 Å². The van der Waals surface area contributed by atoms with E-state index >= 15 is 0 Å². The number of aromatic hydroxyl groups is 1. The molecule has 106 valence electrons. The molecule has 1 heterocycles. The smallest absolute Gasteiger partial charge is 0.262 e. The van der Waals surface area contributed by atoms with Crippen molar-refractivity contribution in [1.82, 2.24) is 10.1 Å². The van der Waals surface area contributed by atoms with Crippen molar-refractivity contribution in [2.75, 3.05) is 0 Å². The Morgan fingerprint density at radius 3 is 2.52 bits per heavy atom. The van der Waals surface area contributed by atoms with Crippen LogP contribution in [0.5, 0.6) is 5.75 Å². The third kappa shape index (κ3) is 2.70. The number of halogens is 3. The van der Waals surface area contributed by atoms with E-state index in [2.05, 4.69) is 10.1 Å². The summed E-state index contributed by atoms with van der Waals surface area (Å²) in [5, 5.41) is 14.2. The molecule has 0 aliphatic rings. The number of nitrogens with zero attached hydrogens (tertiary/aromatic N) is 2. The molecular weight excluding hydrogens is 318 g/mol. The quantitative estimate of drug-likeness (QED) is 0.751. The zero-order chi connectivity index (χ0) is 15.0. The number of hydrogen-bond acceptors (Lipinski definition) is 4. The molecule has 21 heavy (non-hydrogen) atoms. The number of phenolic OH excluding ortho intramolecular Hbond substituents is 1. The molecule has 0 spiro atoms. The van der Waals surface area contributed by atoms with Gasteiger partial charge in [-0.05, 0) is 36.4 Å². The van der Waals surface area contributed by atoms with Crippen molar-refractivity contribution in [3.05, 3.63) is 52.3 Å². The van der Waals surface area contributed by atoms with E-state index in [9.17, 15) is 9.50 Å². The first-order chi connectivity index (χ1) is 10.0. The maximum atomic E-state index is 13.0. The molecule has 0 aliphatic carbocycles. The summed E-state index contributed by atoms with van der Waals surface area (Å²) >= 11 is 11.7. The molecule has 4 nitrogen and oxygen atoms in total. The van der Waals surface area contributed by atoms with Crippen LogP contribution in [-0.2, 0) is 0 Å². The van der Waals surface area contributed by atoms with Crippen LogP contribution in [0.2, 0.25) is 10.0 Å². The van der Waals surface area contributed by atoms with Crippen LogP contribution >= 0.6 is 23.2 Å². The number of aromatic nitrogens is 2. The Balaban J connectivity index is 2.03. The zero-order valence-electron chi connectivity index (χ0n) is 10.3. The van der Waals surface area contributed by atoms with E-state index in [4.69, 9.17) is 27.7 Å². The minimum absolute atomic E-state index is 0.0806. The molecule has 0 fully saturated rings. The minimum atomic E-state index is -0.456. The summed E-state index contributed by atoms with van der Waals surface area (Å²) in [4.78, 5) is 4.14. The molecule has 2 aromatic carbocycles. The summed E-state index contributed by atoms with van der Waals surface area (Å²) in [6.07, 6.45) is 0. The average molecular weight is 325 g/mol. The van der Waals surface area contributed by atoms with Gasteiger partial charge in [0.25, 0.3) is 5.89 Å². The molecule has 3 rings (SSSR count). The normalized spacial score (nSPS) is 10.8. The zero-order valence-corrected chi connectivity index (χ0v) is 11.9. The Morgan fingerprint density at radius 1 is 1.05 bits per heavy atom. The number of rotatable bonds is 2. The maximum absolute atomic E-state index is 13.0. The molecular formula is C14H7Cl2FN2O2. The summed E-state index contributed by atoms with van der Waals surface area (Å²) < 4.78 is 18.1. The molecule has 0 saturated carbocycles. The van der Waals surface area contributed by atoms with Crippen molar-refractivity contribution >= 4 is 23.2 Å². The van der Waals surface area contributed by atoms with Gasteiger partial charge in [-0.15, -0.1) is 0 Å². The van der Waals surface area contributed by atoms with Gasteiger partial charge in [0.05, 0.1) is 10.6 Å². The second-order valence-corrected chi connectivity index (χ2v) is 5.05. The van der Waals surface area contributed by atoms with Gasteiger partial charge < -0.3 is 9.63 Å². The lowest BCUT2D eigenvalue weighted by atomic mass is 10.2. The third-order valence-corrected chi connectivity index (χ3v) is 3.34. The predicted octanol–water partition coefficient (Wildman–Crippen LogP) is 4.56. The van der Waals surface area contributed by atoms with Crippen molar-refractivity contribution in [3.63, 3.8) is 0 Å². The summed E-state index contributed by atoms with van der Waals surface area (Å²) in [5.74, 6) is -0.227. The standard InChI is InChI=1S/C14H7Cl2FN2O2/c15-7-1-3-10(12(20)5-7)14-18-13(19-21-14)9-4-2-8(17)6-11(9)16/h1-6,20H. The Hall–Kier alpha value is -2.11. The second kappa shape index (κ2) is 5.35. The Morgan fingerprint density at radius 2 is 1.81 bits per heavy atom. The fourth-order valence-electron chi connectivity index (χ4n) is 1.80. The number of hydrogen-bond donors (Lipinski definition) is 1. The van der Waals surface area contributed by atoms with Gasteiger partial charge in [-0.3, -0.25) is 0 Å². The highest BCUT2D eigenvalue weighted by molar-refractivity contribution is 6.33.